The number of aliphatic hydroxyl groups excluding tert-OH is 1. The van der Waals surface area contributed by atoms with Crippen molar-refractivity contribution in [3.8, 4) is 0 Å². The molecule has 1 heterocycles. The van der Waals surface area contributed by atoms with Gasteiger partial charge in [0.05, 0.1) is 0 Å². The van der Waals surface area contributed by atoms with Gasteiger partial charge in [-0.1, -0.05) is 32.4 Å². The monoisotopic (exact) mass is 318 g/mol. The van der Waals surface area contributed by atoms with Crippen molar-refractivity contribution in [2.24, 2.45) is 22.7 Å². The molecular weight excluding hydrogens is 288 g/mol. The zero-order valence-electron chi connectivity index (χ0n) is 14.6. The molecule has 0 unspecified atom stereocenters. The number of allylic oxidation sites excluding steroid dienone is 1. The van der Waals surface area contributed by atoms with Crippen LogP contribution in [-0.2, 0) is 9.53 Å². The Kier molecular flexibility index (Phi) is 4.43. The minimum atomic E-state index is -0.142. The second-order valence-corrected chi connectivity index (χ2v) is 8.34. The summed E-state index contributed by atoms with van der Waals surface area (Å²) in [4.78, 5) is 11.7. The standard InChI is InChI=1S/C20H30O3/c1-14-5-8-17-19(2,13-21)10-4-11-20(17,3)16(14)7-6-15-9-12-23-18(15)22/h9,16-17,21H,1,4-8,10-13H2,2-3H3/t16-,17+,19+,20-/m0/s1. The molecule has 0 bridgehead atoms. The molecule has 2 aliphatic carbocycles. The van der Waals surface area contributed by atoms with Crippen LogP contribution in [-0.4, -0.2) is 24.3 Å². The minimum Gasteiger partial charge on any atom is -0.458 e. The van der Waals surface area contributed by atoms with Crippen LogP contribution in [0.15, 0.2) is 23.8 Å². The van der Waals surface area contributed by atoms with Crippen LogP contribution < -0.4 is 0 Å². The highest BCUT2D eigenvalue weighted by molar-refractivity contribution is 5.90. The van der Waals surface area contributed by atoms with Crippen molar-refractivity contribution in [2.75, 3.05) is 13.2 Å². The SMILES string of the molecule is C=C1CC[C@@H]2[C@@](C)(CO)CCC[C@@]2(C)[C@H]1CCC1=CCOC1=O. The maximum Gasteiger partial charge on any atom is 0.334 e. The van der Waals surface area contributed by atoms with Crippen molar-refractivity contribution in [1.29, 1.82) is 0 Å². The lowest BCUT2D eigenvalue weighted by Crippen LogP contribution is -2.51. The summed E-state index contributed by atoms with van der Waals surface area (Å²) in [6, 6.07) is 0. The van der Waals surface area contributed by atoms with Crippen molar-refractivity contribution in [2.45, 2.75) is 58.8 Å². The van der Waals surface area contributed by atoms with Gasteiger partial charge in [0.2, 0.25) is 0 Å². The van der Waals surface area contributed by atoms with Crippen LogP contribution in [0, 0.1) is 22.7 Å². The number of rotatable bonds is 4. The van der Waals surface area contributed by atoms with Gasteiger partial charge in [-0.05, 0) is 67.3 Å². The van der Waals surface area contributed by atoms with Gasteiger partial charge in [0.15, 0.2) is 0 Å². The largest absolute Gasteiger partial charge is 0.458 e. The van der Waals surface area contributed by atoms with Gasteiger partial charge in [0, 0.05) is 12.2 Å². The van der Waals surface area contributed by atoms with E-state index in [9.17, 15) is 9.90 Å². The van der Waals surface area contributed by atoms with Crippen LogP contribution in [0.2, 0.25) is 0 Å². The predicted molar refractivity (Wildman–Crippen MR) is 90.8 cm³/mol. The summed E-state index contributed by atoms with van der Waals surface area (Å²) in [6.07, 6.45) is 9.42. The average molecular weight is 318 g/mol. The summed E-state index contributed by atoms with van der Waals surface area (Å²) in [7, 11) is 0. The summed E-state index contributed by atoms with van der Waals surface area (Å²) < 4.78 is 5.03. The lowest BCUT2D eigenvalue weighted by atomic mass is 9.47. The first-order valence-corrected chi connectivity index (χ1v) is 9.05. The van der Waals surface area contributed by atoms with E-state index in [4.69, 9.17) is 4.74 Å². The number of esters is 1. The Labute approximate surface area is 139 Å². The van der Waals surface area contributed by atoms with E-state index < -0.39 is 0 Å². The molecule has 0 saturated heterocycles. The number of cyclic esters (lactones) is 1. The van der Waals surface area contributed by atoms with Crippen LogP contribution in [0.1, 0.15) is 58.8 Å². The molecule has 3 rings (SSSR count). The summed E-state index contributed by atoms with van der Waals surface area (Å²) in [5.41, 5.74) is 2.42. The number of carbonyl (C=O) groups is 1. The molecule has 1 aliphatic heterocycles. The highest BCUT2D eigenvalue weighted by Crippen LogP contribution is 2.61. The topological polar surface area (TPSA) is 46.5 Å². The number of aliphatic hydroxyl groups is 1. The molecule has 2 saturated carbocycles. The second kappa shape index (κ2) is 6.08. The smallest absolute Gasteiger partial charge is 0.334 e. The van der Waals surface area contributed by atoms with E-state index in [1.807, 2.05) is 6.08 Å². The number of carbonyl (C=O) groups excluding carboxylic acids is 1. The van der Waals surface area contributed by atoms with Gasteiger partial charge in [-0.25, -0.2) is 4.79 Å². The van der Waals surface area contributed by atoms with E-state index >= 15 is 0 Å². The van der Waals surface area contributed by atoms with Gasteiger partial charge in [-0.3, -0.25) is 0 Å². The molecule has 3 nitrogen and oxygen atoms in total. The maximum atomic E-state index is 11.7. The molecule has 0 aromatic rings. The number of hydrogen-bond acceptors (Lipinski definition) is 3. The summed E-state index contributed by atoms with van der Waals surface area (Å²) in [5, 5.41) is 10.0. The van der Waals surface area contributed by atoms with E-state index in [1.165, 1.54) is 18.4 Å². The lowest BCUT2D eigenvalue weighted by Gasteiger charge is -2.58. The fraction of sp³-hybridized carbons (Fsp3) is 0.750. The van der Waals surface area contributed by atoms with Gasteiger partial charge in [-0.15, -0.1) is 0 Å². The van der Waals surface area contributed by atoms with Crippen LogP contribution in [0.5, 0.6) is 0 Å². The Morgan fingerprint density at radius 3 is 2.83 bits per heavy atom. The van der Waals surface area contributed by atoms with Crippen LogP contribution in [0.25, 0.3) is 0 Å². The maximum absolute atomic E-state index is 11.7. The van der Waals surface area contributed by atoms with Crippen molar-refractivity contribution < 1.29 is 14.6 Å². The van der Waals surface area contributed by atoms with E-state index in [2.05, 4.69) is 20.4 Å². The van der Waals surface area contributed by atoms with Crippen LogP contribution in [0.3, 0.4) is 0 Å². The Morgan fingerprint density at radius 1 is 1.39 bits per heavy atom. The zero-order valence-corrected chi connectivity index (χ0v) is 14.6. The Balaban J connectivity index is 1.80. The van der Waals surface area contributed by atoms with Gasteiger partial charge in [0.1, 0.15) is 6.61 Å². The van der Waals surface area contributed by atoms with E-state index in [0.29, 0.717) is 18.4 Å². The molecule has 0 aromatic heterocycles. The quantitative estimate of drug-likeness (QED) is 0.629. The second-order valence-electron chi connectivity index (χ2n) is 8.34. The molecule has 1 N–H and O–H groups in total. The van der Waals surface area contributed by atoms with Crippen molar-refractivity contribution in [3.63, 3.8) is 0 Å². The third kappa shape index (κ3) is 2.77. The molecule has 2 fully saturated rings. The van der Waals surface area contributed by atoms with Gasteiger partial charge < -0.3 is 9.84 Å². The first-order chi connectivity index (χ1) is 10.9. The Hall–Kier alpha value is -1.09. The van der Waals surface area contributed by atoms with Crippen LogP contribution in [0.4, 0.5) is 0 Å². The van der Waals surface area contributed by atoms with Gasteiger partial charge >= 0.3 is 5.97 Å². The fourth-order valence-corrected chi connectivity index (χ4v) is 5.70. The molecule has 4 atom stereocenters. The third-order valence-corrected chi connectivity index (χ3v) is 7.01. The van der Waals surface area contributed by atoms with Crippen molar-refractivity contribution in [3.05, 3.63) is 23.8 Å². The van der Waals surface area contributed by atoms with Crippen molar-refractivity contribution in [1.82, 2.24) is 0 Å². The lowest BCUT2D eigenvalue weighted by molar-refractivity contribution is -0.136. The molecule has 0 amide bonds. The van der Waals surface area contributed by atoms with Gasteiger partial charge in [-0.2, -0.15) is 0 Å². The molecule has 23 heavy (non-hydrogen) atoms. The molecule has 0 spiro atoms. The highest BCUT2D eigenvalue weighted by Gasteiger charge is 2.54. The molecule has 128 valence electrons. The number of ether oxygens (including phenoxy) is 1. The highest BCUT2D eigenvalue weighted by atomic mass is 16.5. The molecule has 0 radical (unpaired) electrons. The Morgan fingerprint density at radius 2 is 2.17 bits per heavy atom. The third-order valence-electron chi connectivity index (χ3n) is 7.01. The van der Waals surface area contributed by atoms with Crippen LogP contribution >= 0.6 is 0 Å². The zero-order chi connectivity index (χ0) is 16.7. The summed E-state index contributed by atoms with van der Waals surface area (Å²) in [5.74, 6) is 0.854. The normalized spacial score (nSPS) is 40.6. The Bertz CT molecular complexity index is 535. The van der Waals surface area contributed by atoms with E-state index in [1.54, 1.807) is 0 Å². The average Bonchev–Trinajstić information content (AvgIpc) is 2.91. The molecule has 3 aliphatic rings. The first kappa shape index (κ1) is 16.8. The van der Waals surface area contributed by atoms with E-state index in [-0.39, 0.29) is 23.4 Å². The molecule has 3 heteroatoms. The van der Waals surface area contributed by atoms with Crippen molar-refractivity contribution >= 4 is 5.97 Å². The molecular formula is C20H30O3. The minimum absolute atomic E-state index is 0.0392. The van der Waals surface area contributed by atoms with Gasteiger partial charge in [0.25, 0.3) is 0 Å². The van der Waals surface area contributed by atoms with E-state index in [0.717, 1.165) is 37.7 Å². The summed E-state index contributed by atoms with van der Waals surface area (Å²) in [6.45, 7) is 9.75. The fourth-order valence-electron chi connectivity index (χ4n) is 5.70. The number of hydrogen-bond donors (Lipinski definition) is 1. The predicted octanol–water partition coefficient (Wildman–Crippen LogP) is 4.02. The summed E-state index contributed by atoms with van der Waals surface area (Å²) >= 11 is 0. The first-order valence-electron chi connectivity index (χ1n) is 9.05. The number of fused-ring (bicyclic) bond motifs is 1. The molecule has 0 aromatic carbocycles.